The Balaban J connectivity index is 2.20. The summed E-state index contributed by atoms with van der Waals surface area (Å²) in [5.74, 6) is 0.285. The second-order valence-corrected chi connectivity index (χ2v) is 8.72. The van der Waals surface area contributed by atoms with E-state index in [9.17, 15) is 13.7 Å². The summed E-state index contributed by atoms with van der Waals surface area (Å²) in [6.07, 6.45) is 0. The Hall–Kier alpha value is -2.69. The van der Waals surface area contributed by atoms with Crippen LogP contribution < -0.4 is 5.32 Å². The molecule has 0 aliphatic heterocycles. The Kier molecular flexibility index (Phi) is 5.31. The standard InChI is InChI=1S/C19H17ClN4O2S/c1-12(2)22-19-18(23-15-5-3-4-6-16(15)24-19)17(11-21)27(25,26)14-9-7-13(20)8-10-14/h3-10,12,17H,1-2H3,(H,22,24)/t17-/m1/s1. The molecule has 3 aromatic rings. The average molecular weight is 401 g/mol. The molecule has 1 heterocycles. The maximum Gasteiger partial charge on any atom is 0.200 e. The highest BCUT2D eigenvalue weighted by atomic mass is 35.5. The van der Waals surface area contributed by atoms with Crippen molar-refractivity contribution in [1.82, 2.24) is 9.97 Å². The van der Waals surface area contributed by atoms with E-state index < -0.39 is 15.1 Å². The largest absolute Gasteiger partial charge is 0.366 e. The van der Waals surface area contributed by atoms with E-state index in [0.29, 0.717) is 16.1 Å². The van der Waals surface area contributed by atoms with Crippen LogP contribution in [0.2, 0.25) is 5.02 Å². The summed E-state index contributed by atoms with van der Waals surface area (Å²) in [6.45, 7) is 3.80. The van der Waals surface area contributed by atoms with Crippen LogP contribution >= 0.6 is 11.6 Å². The predicted molar refractivity (Wildman–Crippen MR) is 105 cm³/mol. The number of para-hydroxylation sites is 2. The Bertz CT molecular complexity index is 1120. The van der Waals surface area contributed by atoms with Crippen LogP contribution in [0.3, 0.4) is 0 Å². The highest BCUT2D eigenvalue weighted by molar-refractivity contribution is 7.92. The SMILES string of the molecule is CC(C)Nc1nc2ccccc2nc1[C@@H](C#N)S(=O)(=O)c1ccc(Cl)cc1. The van der Waals surface area contributed by atoms with Gasteiger partial charge in [-0.1, -0.05) is 23.7 Å². The Morgan fingerprint density at radius 3 is 2.19 bits per heavy atom. The summed E-state index contributed by atoms with van der Waals surface area (Å²) in [4.78, 5) is 8.95. The molecule has 0 amide bonds. The fraction of sp³-hybridized carbons (Fsp3) is 0.211. The van der Waals surface area contributed by atoms with Gasteiger partial charge in [0.15, 0.2) is 11.1 Å². The maximum absolute atomic E-state index is 13.1. The van der Waals surface area contributed by atoms with Crippen LogP contribution in [-0.4, -0.2) is 24.4 Å². The number of nitrogens with zero attached hydrogens (tertiary/aromatic N) is 3. The third-order valence-corrected chi connectivity index (χ3v) is 5.97. The van der Waals surface area contributed by atoms with Crippen molar-refractivity contribution in [1.29, 1.82) is 5.26 Å². The molecule has 0 bridgehead atoms. The normalized spacial score (nSPS) is 12.7. The maximum atomic E-state index is 13.1. The number of rotatable bonds is 5. The van der Waals surface area contributed by atoms with E-state index in [1.54, 1.807) is 18.2 Å². The minimum absolute atomic E-state index is 0.00362. The highest BCUT2D eigenvalue weighted by Crippen LogP contribution is 2.32. The molecule has 8 heteroatoms. The molecule has 0 radical (unpaired) electrons. The number of hydrogen-bond donors (Lipinski definition) is 1. The molecular weight excluding hydrogens is 384 g/mol. The van der Waals surface area contributed by atoms with Gasteiger partial charge in [0.05, 0.1) is 22.0 Å². The first-order valence-electron chi connectivity index (χ1n) is 8.25. The highest BCUT2D eigenvalue weighted by Gasteiger charge is 2.33. The molecule has 0 saturated heterocycles. The smallest absolute Gasteiger partial charge is 0.200 e. The number of fused-ring (bicyclic) bond motifs is 1. The number of nitriles is 1. The van der Waals surface area contributed by atoms with Crippen molar-refractivity contribution >= 4 is 38.3 Å². The zero-order valence-corrected chi connectivity index (χ0v) is 16.3. The molecule has 0 unspecified atom stereocenters. The van der Waals surface area contributed by atoms with E-state index in [1.807, 2.05) is 26.0 Å². The minimum atomic E-state index is -4.01. The monoisotopic (exact) mass is 400 g/mol. The van der Waals surface area contributed by atoms with Crippen molar-refractivity contribution in [3.05, 3.63) is 59.2 Å². The summed E-state index contributed by atoms with van der Waals surface area (Å²) in [5, 5.41) is 11.7. The van der Waals surface area contributed by atoms with Crippen LogP contribution in [0.4, 0.5) is 5.82 Å². The van der Waals surface area contributed by atoms with E-state index in [2.05, 4.69) is 15.3 Å². The van der Waals surface area contributed by atoms with E-state index in [0.717, 1.165) is 0 Å². The third kappa shape index (κ3) is 3.87. The van der Waals surface area contributed by atoms with Gasteiger partial charge >= 0.3 is 0 Å². The Morgan fingerprint density at radius 2 is 1.63 bits per heavy atom. The number of aromatic nitrogens is 2. The van der Waals surface area contributed by atoms with Crippen LogP contribution in [0, 0.1) is 11.3 Å². The van der Waals surface area contributed by atoms with Crippen LogP contribution in [0.5, 0.6) is 0 Å². The second-order valence-electron chi connectivity index (χ2n) is 6.25. The van der Waals surface area contributed by atoms with Gasteiger partial charge in [0.25, 0.3) is 0 Å². The van der Waals surface area contributed by atoms with Crippen molar-refractivity contribution in [2.45, 2.75) is 30.0 Å². The van der Waals surface area contributed by atoms with Gasteiger partial charge in [0, 0.05) is 11.1 Å². The van der Waals surface area contributed by atoms with Gasteiger partial charge in [0.1, 0.15) is 5.69 Å². The fourth-order valence-electron chi connectivity index (χ4n) is 2.61. The topological polar surface area (TPSA) is 95.7 Å². The number of sulfone groups is 1. The average Bonchev–Trinajstić information content (AvgIpc) is 2.62. The van der Waals surface area contributed by atoms with Crippen molar-refractivity contribution in [2.24, 2.45) is 0 Å². The van der Waals surface area contributed by atoms with E-state index >= 15 is 0 Å². The molecule has 27 heavy (non-hydrogen) atoms. The molecule has 0 spiro atoms. The van der Waals surface area contributed by atoms with Gasteiger partial charge in [-0.3, -0.25) is 0 Å². The predicted octanol–water partition coefficient (Wildman–Crippen LogP) is 4.14. The van der Waals surface area contributed by atoms with Crippen molar-refractivity contribution in [3.8, 4) is 6.07 Å². The molecule has 1 aromatic heterocycles. The first-order chi connectivity index (χ1) is 12.8. The molecule has 6 nitrogen and oxygen atoms in total. The Labute approximate surface area is 162 Å². The zero-order valence-electron chi connectivity index (χ0n) is 14.7. The zero-order chi connectivity index (χ0) is 19.6. The number of halogens is 1. The first kappa shape index (κ1) is 19.1. The number of anilines is 1. The van der Waals surface area contributed by atoms with Crippen LogP contribution in [0.15, 0.2) is 53.4 Å². The van der Waals surface area contributed by atoms with Crippen LogP contribution in [-0.2, 0) is 9.84 Å². The van der Waals surface area contributed by atoms with Crippen LogP contribution in [0.25, 0.3) is 11.0 Å². The molecule has 0 aliphatic rings. The summed E-state index contributed by atoms with van der Waals surface area (Å²) in [5.41, 5.74) is 1.22. The van der Waals surface area contributed by atoms with E-state index in [4.69, 9.17) is 11.6 Å². The van der Waals surface area contributed by atoms with Gasteiger partial charge in [0.2, 0.25) is 9.84 Å². The van der Waals surface area contributed by atoms with Gasteiger partial charge in [-0.15, -0.1) is 0 Å². The lowest BCUT2D eigenvalue weighted by atomic mass is 10.2. The van der Waals surface area contributed by atoms with Crippen molar-refractivity contribution in [2.75, 3.05) is 5.32 Å². The lowest BCUT2D eigenvalue weighted by Gasteiger charge is -2.17. The van der Waals surface area contributed by atoms with Gasteiger partial charge < -0.3 is 5.32 Å². The van der Waals surface area contributed by atoms with E-state index in [1.165, 1.54) is 24.3 Å². The quantitative estimate of drug-likeness (QED) is 0.691. The molecule has 1 N–H and O–H groups in total. The van der Waals surface area contributed by atoms with Gasteiger partial charge in [-0.25, -0.2) is 18.4 Å². The van der Waals surface area contributed by atoms with Gasteiger partial charge in [-0.2, -0.15) is 5.26 Å². The lowest BCUT2D eigenvalue weighted by Crippen LogP contribution is -2.19. The molecule has 0 aliphatic carbocycles. The van der Waals surface area contributed by atoms with E-state index in [-0.39, 0.29) is 22.4 Å². The summed E-state index contributed by atoms with van der Waals surface area (Å²) >= 11 is 5.85. The second kappa shape index (κ2) is 7.51. The minimum Gasteiger partial charge on any atom is -0.366 e. The number of nitrogens with one attached hydrogen (secondary N) is 1. The van der Waals surface area contributed by atoms with Gasteiger partial charge in [-0.05, 0) is 50.2 Å². The number of benzene rings is 2. The molecule has 3 rings (SSSR count). The number of hydrogen-bond acceptors (Lipinski definition) is 6. The molecular formula is C19H17ClN4O2S. The third-order valence-electron chi connectivity index (χ3n) is 3.84. The first-order valence-corrected chi connectivity index (χ1v) is 10.2. The van der Waals surface area contributed by atoms with Crippen molar-refractivity contribution < 1.29 is 8.42 Å². The summed E-state index contributed by atoms with van der Waals surface area (Å²) in [7, 11) is -4.01. The Morgan fingerprint density at radius 1 is 1.04 bits per heavy atom. The van der Waals surface area contributed by atoms with Crippen LogP contribution in [0.1, 0.15) is 24.8 Å². The molecule has 138 valence electrons. The molecule has 2 aromatic carbocycles. The lowest BCUT2D eigenvalue weighted by molar-refractivity contribution is 0.590. The summed E-state index contributed by atoms with van der Waals surface area (Å²) in [6, 6.07) is 14.7. The fourth-order valence-corrected chi connectivity index (χ4v) is 4.12. The molecule has 0 saturated carbocycles. The summed E-state index contributed by atoms with van der Waals surface area (Å²) < 4.78 is 26.2. The van der Waals surface area contributed by atoms with Crippen molar-refractivity contribution in [3.63, 3.8) is 0 Å². The molecule has 1 atom stereocenters. The molecule has 0 fully saturated rings.